The van der Waals surface area contributed by atoms with E-state index in [0.29, 0.717) is 5.82 Å². The lowest BCUT2D eigenvalue weighted by molar-refractivity contribution is -0.126. The van der Waals surface area contributed by atoms with Crippen LogP contribution < -0.4 is 10.6 Å². The zero-order valence-electron chi connectivity index (χ0n) is 12.3. The van der Waals surface area contributed by atoms with Crippen LogP contribution >= 0.6 is 0 Å². The summed E-state index contributed by atoms with van der Waals surface area (Å²) in [5.74, 6) is 0.679. The fourth-order valence-electron chi connectivity index (χ4n) is 2.88. The van der Waals surface area contributed by atoms with E-state index in [1.807, 2.05) is 32.3 Å². The van der Waals surface area contributed by atoms with Crippen molar-refractivity contribution in [2.75, 3.05) is 18.4 Å². The van der Waals surface area contributed by atoms with Gasteiger partial charge in [0.15, 0.2) is 0 Å². The molecule has 1 saturated heterocycles. The van der Waals surface area contributed by atoms with Crippen molar-refractivity contribution in [3.8, 4) is 0 Å². The first-order valence-corrected chi connectivity index (χ1v) is 7.15. The summed E-state index contributed by atoms with van der Waals surface area (Å²) in [5, 5.41) is 14.9. The SMILES string of the molecule is Cc1cc(NC(=O)C2(n3cccn3)CCNCC2)n(C)n1. The number of aryl methyl sites for hydroxylation is 2. The first-order valence-electron chi connectivity index (χ1n) is 7.15. The Morgan fingerprint density at radius 3 is 2.76 bits per heavy atom. The number of hydrogen-bond acceptors (Lipinski definition) is 4. The van der Waals surface area contributed by atoms with Crippen LogP contribution in [0.5, 0.6) is 0 Å². The van der Waals surface area contributed by atoms with Gasteiger partial charge in [-0.25, -0.2) is 0 Å². The minimum Gasteiger partial charge on any atom is -0.317 e. The standard InChI is InChI=1S/C14H20N6O/c1-11-10-12(19(2)18-11)17-13(21)14(4-7-15-8-5-14)20-9-3-6-16-20/h3,6,9-10,15H,4-5,7-8H2,1-2H3,(H,17,21). The predicted octanol–water partition coefficient (Wildman–Crippen LogP) is 0.642. The van der Waals surface area contributed by atoms with Gasteiger partial charge in [0, 0.05) is 25.5 Å². The third kappa shape index (κ3) is 2.44. The summed E-state index contributed by atoms with van der Waals surface area (Å²) in [7, 11) is 1.83. The average molecular weight is 288 g/mol. The van der Waals surface area contributed by atoms with Crippen LogP contribution in [0.25, 0.3) is 0 Å². The second kappa shape index (κ2) is 5.33. The molecule has 1 amide bonds. The van der Waals surface area contributed by atoms with E-state index >= 15 is 0 Å². The summed E-state index contributed by atoms with van der Waals surface area (Å²) in [5.41, 5.74) is 0.249. The van der Waals surface area contributed by atoms with Crippen LogP contribution in [-0.4, -0.2) is 38.6 Å². The van der Waals surface area contributed by atoms with E-state index in [0.717, 1.165) is 31.6 Å². The maximum Gasteiger partial charge on any atom is 0.253 e. The molecular weight excluding hydrogens is 268 g/mol. The molecular formula is C14H20N6O. The average Bonchev–Trinajstić information content (AvgIpc) is 3.10. The van der Waals surface area contributed by atoms with Crippen molar-refractivity contribution in [3.63, 3.8) is 0 Å². The molecule has 0 radical (unpaired) electrons. The quantitative estimate of drug-likeness (QED) is 0.869. The van der Waals surface area contributed by atoms with Gasteiger partial charge in [-0.15, -0.1) is 0 Å². The van der Waals surface area contributed by atoms with Gasteiger partial charge < -0.3 is 10.6 Å². The van der Waals surface area contributed by atoms with Gasteiger partial charge in [0.25, 0.3) is 5.91 Å². The lowest BCUT2D eigenvalue weighted by atomic mass is 9.87. The normalized spacial score (nSPS) is 17.6. The number of anilines is 1. The third-order valence-electron chi connectivity index (χ3n) is 4.04. The summed E-state index contributed by atoms with van der Waals surface area (Å²) in [4.78, 5) is 12.9. The Kier molecular flexibility index (Phi) is 3.50. The zero-order valence-corrected chi connectivity index (χ0v) is 12.3. The number of piperidine rings is 1. The highest BCUT2D eigenvalue weighted by molar-refractivity contribution is 5.96. The number of carbonyl (C=O) groups is 1. The van der Waals surface area contributed by atoms with Gasteiger partial charge in [-0.2, -0.15) is 10.2 Å². The molecule has 0 atom stereocenters. The van der Waals surface area contributed by atoms with Gasteiger partial charge in [0.2, 0.25) is 0 Å². The third-order valence-corrected chi connectivity index (χ3v) is 4.04. The van der Waals surface area contributed by atoms with Crippen LogP contribution in [0.2, 0.25) is 0 Å². The fourth-order valence-corrected chi connectivity index (χ4v) is 2.88. The molecule has 0 aromatic carbocycles. The molecule has 112 valence electrons. The van der Waals surface area contributed by atoms with Crippen LogP contribution in [-0.2, 0) is 17.4 Å². The molecule has 3 heterocycles. The maximum atomic E-state index is 12.9. The lowest BCUT2D eigenvalue weighted by Crippen LogP contribution is -2.52. The molecule has 2 aromatic rings. The Hall–Kier alpha value is -2.15. The summed E-state index contributed by atoms with van der Waals surface area (Å²) in [6.07, 6.45) is 5.01. The molecule has 7 heteroatoms. The number of hydrogen-bond donors (Lipinski definition) is 2. The zero-order chi connectivity index (χ0) is 14.9. The molecule has 0 unspecified atom stereocenters. The molecule has 21 heavy (non-hydrogen) atoms. The molecule has 0 aliphatic carbocycles. The molecule has 0 bridgehead atoms. The van der Waals surface area contributed by atoms with Crippen molar-refractivity contribution in [3.05, 3.63) is 30.2 Å². The Balaban J connectivity index is 1.90. The van der Waals surface area contributed by atoms with Gasteiger partial charge in [0.05, 0.1) is 5.69 Å². The van der Waals surface area contributed by atoms with Crippen molar-refractivity contribution in [2.45, 2.75) is 25.3 Å². The number of amides is 1. The fraction of sp³-hybridized carbons (Fsp3) is 0.500. The summed E-state index contributed by atoms with van der Waals surface area (Å²) < 4.78 is 3.47. The van der Waals surface area contributed by atoms with Crippen molar-refractivity contribution in [1.29, 1.82) is 0 Å². The maximum absolute atomic E-state index is 12.9. The molecule has 2 aromatic heterocycles. The highest BCUT2D eigenvalue weighted by atomic mass is 16.2. The molecule has 0 spiro atoms. The van der Waals surface area contributed by atoms with Crippen molar-refractivity contribution in [2.24, 2.45) is 7.05 Å². The summed E-state index contributed by atoms with van der Waals surface area (Å²) in [6.45, 7) is 3.51. The number of nitrogens with zero attached hydrogens (tertiary/aromatic N) is 4. The largest absolute Gasteiger partial charge is 0.317 e. The number of aromatic nitrogens is 4. The van der Waals surface area contributed by atoms with Crippen LogP contribution in [0.3, 0.4) is 0 Å². The van der Waals surface area contributed by atoms with Crippen molar-refractivity contribution < 1.29 is 4.79 Å². The van der Waals surface area contributed by atoms with Gasteiger partial charge in [-0.05, 0) is 38.9 Å². The van der Waals surface area contributed by atoms with Gasteiger partial charge in [0.1, 0.15) is 11.4 Å². The summed E-state index contributed by atoms with van der Waals surface area (Å²) in [6, 6.07) is 3.72. The number of rotatable bonds is 3. The molecule has 2 N–H and O–H groups in total. The Bertz CT molecular complexity index is 624. The Morgan fingerprint density at radius 1 is 1.43 bits per heavy atom. The van der Waals surface area contributed by atoms with Crippen LogP contribution in [0, 0.1) is 6.92 Å². The van der Waals surface area contributed by atoms with Crippen molar-refractivity contribution >= 4 is 11.7 Å². The Labute approximate surface area is 123 Å². The lowest BCUT2D eigenvalue weighted by Gasteiger charge is -2.36. The molecule has 0 saturated carbocycles. The molecule has 1 aliphatic heterocycles. The predicted molar refractivity (Wildman–Crippen MR) is 78.9 cm³/mol. The van der Waals surface area contributed by atoms with E-state index in [9.17, 15) is 4.79 Å². The van der Waals surface area contributed by atoms with E-state index in [2.05, 4.69) is 20.8 Å². The van der Waals surface area contributed by atoms with Crippen LogP contribution in [0.1, 0.15) is 18.5 Å². The number of nitrogens with one attached hydrogen (secondary N) is 2. The van der Waals surface area contributed by atoms with E-state index in [1.54, 1.807) is 15.6 Å². The highest BCUT2D eigenvalue weighted by Gasteiger charge is 2.42. The highest BCUT2D eigenvalue weighted by Crippen LogP contribution is 2.28. The van der Waals surface area contributed by atoms with E-state index in [4.69, 9.17) is 0 Å². The monoisotopic (exact) mass is 288 g/mol. The molecule has 3 rings (SSSR count). The van der Waals surface area contributed by atoms with Crippen LogP contribution in [0.4, 0.5) is 5.82 Å². The number of carbonyl (C=O) groups excluding carboxylic acids is 1. The Morgan fingerprint density at radius 2 is 2.19 bits per heavy atom. The smallest absolute Gasteiger partial charge is 0.253 e. The van der Waals surface area contributed by atoms with Crippen molar-refractivity contribution in [1.82, 2.24) is 24.9 Å². The topological polar surface area (TPSA) is 76.8 Å². The second-order valence-corrected chi connectivity index (χ2v) is 5.48. The van der Waals surface area contributed by atoms with E-state index in [-0.39, 0.29) is 5.91 Å². The van der Waals surface area contributed by atoms with Gasteiger partial charge >= 0.3 is 0 Å². The first-order chi connectivity index (χ1) is 10.1. The second-order valence-electron chi connectivity index (χ2n) is 5.48. The molecule has 1 aliphatic rings. The molecule has 1 fully saturated rings. The summed E-state index contributed by atoms with van der Waals surface area (Å²) >= 11 is 0. The molecule has 7 nitrogen and oxygen atoms in total. The minimum absolute atomic E-state index is 0.0318. The first kappa shape index (κ1) is 13.8. The van der Waals surface area contributed by atoms with Gasteiger partial charge in [-0.1, -0.05) is 0 Å². The minimum atomic E-state index is -0.632. The van der Waals surface area contributed by atoms with E-state index < -0.39 is 5.54 Å². The van der Waals surface area contributed by atoms with E-state index in [1.165, 1.54) is 0 Å². The van der Waals surface area contributed by atoms with Crippen LogP contribution in [0.15, 0.2) is 24.5 Å². The van der Waals surface area contributed by atoms with Gasteiger partial charge in [-0.3, -0.25) is 14.2 Å².